The number of esters is 1. The third-order valence-corrected chi connectivity index (χ3v) is 7.45. The van der Waals surface area contributed by atoms with Crippen molar-refractivity contribution in [3.05, 3.63) is 108 Å². The second-order valence-corrected chi connectivity index (χ2v) is 9.93. The number of anilines is 1. The Morgan fingerprint density at radius 3 is 2.17 bits per heavy atom. The molecule has 0 saturated heterocycles. The number of hydrogen-bond acceptors (Lipinski definition) is 6. The van der Waals surface area contributed by atoms with Crippen molar-refractivity contribution in [1.82, 2.24) is 14.8 Å². The van der Waals surface area contributed by atoms with E-state index in [9.17, 15) is 9.59 Å². The number of carbonyl (C=O) groups is 2. The molecular weight excluding hydrogens is 504 g/mol. The van der Waals surface area contributed by atoms with E-state index in [0.29, 0.717) is 16.9 Å². The van der Waals surface area contributed by atoms with E-state index in [1.165, 1.54) is 11.7 Å². The van der Waals surface area contributed by atoms with Crippen LogP contribution in [0, 0.1) is 0 Å². The molecule has 0 spiro atoms. The van der Waals surface area contributed by atoms with Crippen LogP contribution in [-0.4, -0.2) is 34.0 Å². The summed E-state index contributed by atoms with van der Waals surface area (Å²) in [6, 6.07) is 29.2. The lowest BCUT2D eigenvalue weighted by atomic mass is 9.93. The van der Waals surface area contributed by atoms with Crippen LogP contribution in [0.5, 0.6) is 0 Å². The number of benzene rings is 3. The lowest BCUT2D eigenvalue weighted by Gasteiger charge is -2.14. The number of rotatable bonds is 7. The summed E-state index contributed by atoms with van der Waals surface area (Å²) in [5.74, 6) is -0.172. The molecule has 1 aliphatic carbocycles. The van der Waals surface area contributed by atoms with Gasteiger partial charge in [0.2, 0.25) is 0 Å². The van der Waals surface area contributed by atoms with Gasteiger partial charge in [0.15, 0.2) is 0 Å². The van der Waals surface area contributed by atoms with Gasteiger partial charge in [-0.1, -0.05) is 78.9 Å². The van der Waals surface area contributed by atoms with Crippen LogP contribution in [0.15, 0.2) is 97.2 Å². The van der Waals surface area contributed by atoms with Crippen LogP contribution < -0.4 is 5.32 Å². The molecule has 1 fully saturated rings. The monoisotopic (exact) mass is 532 g/mol. The number of carbonyl (C=O) groups excluding carboxylic acids is 2. The van der Waals surface area contributed by atoms with Gasteiger partial charge in [-0.2, -0.15) is 5.10 Å². The number of hydrogen-bond donors (Lipinski definition) is 1. The Labute approximate surface area is 231 Å². The third kappa shape index (κ3) is 4.68. The Hall–Kier alpha value is -4.98. The van der Waals surface area contributed by atoms with E-state index in [1.807, 2.05) is 91.9 Å². The van der Waals surface area contributed by atoms with Crippen molar-refractivity contribution in [2.45, 2.75) is 31.3 Å². The van der Waals surface area contributed by atoms with E-state index in [4.69, 9.17) is 9.47 Å². The van der Waals surface area contributed by atoms with Gasteiger partial charge in [-0.05, 0) is 54.2 Å². The first-order chi connectivity index (χ1) is 19.5. The molecule has 2 aromatic heterocycles. The summed E-state index contributed by atoms with van der Waals surface area (Å²) in [4.78, 5) is 25.1. The van der Waals surface area contributed by atoms with E-state index in [2.05, 4.69) is 15.5 Å². The minimum atomic E-state index is -0.576. The van der Waals surface area contributed by atoms with Gasteiger partial charge in [-0.3, -0.25) is 10.1 Å². The van der Waals surface area contributed by atoms with Crippen molar-refractivity contribution in [1.29, 1.82) is 0 Å². The molecule has 2 heterocycles. The number of amides is 1. The minimum Gasteiger partial charge on any atom is -0.468 e. The Kier molecular flexibility index (Phi) is 6.51. The predicted molar refractivity (Wildman–Crippen MR) is 152 cm³/mol. The van der Waals surface area contributed by atoms with Crippen molar-refractivity contribution < 1.29 is 19.1 Å². The molecule has 40 heavy (non-hydrogen) atoms. The number of nitrogens with zero attached hydrogens (tertiary/aromatic N) is 3. The molecule has 6 rings (SSSR count). The number of methoxy groups -OCH3 is 1. The van der Waals surface area contributed by atoms with Gasteiger partial charge in [-0.15, -0.1) is 9.73 Å². The van der Waals surface area contributed by atoms with Gasteiger partial charge in [0, 0.05) is 11.8 Å². The Bertz CT molecular complexity index is 1670. The van der Waals surface area contributed by atoms with Gasteiger partial charge >= 0.3 is 12.1 Å². The SMILES string of the molecule is COC(=O)C1(c2ccc(-c3ccc(-c4nn5ncccc5c4NC(=O)O[C@H](C)c4ccccc4)cc3)cc2)CC1. The van der Waals surface area contributed by atoms with Crippen LogP contribution in [0.4, 0.5) is 10.5 Å². The molecule has 5 aromatic rings. The Morgan fingerprint density at radius 2 is 1.52 bits per heavy atom. The first-order valence-electron chi connectivity index (χ1n) is 13.1. The number of fused-ring (bicyclic) bond motifs is 1. The van der Waals surface area contributed by atoms with Crippen LogP contribution in [0.1, 0.15) is 37.0 Å². The Morgan fingerprint density at radius 1 is 0.875 bits per heavy atom. The molecule has 8 heteroatoms. The van der Waals surface area contributed by atoms with Crippen LogP contribution in [0.3, 0.4) is 0 Å². The molecule has 0 radical (unpaired) electrons. The van der Waals surface area contributed by atoms with Crippen molar-refractivity contribution in [2.75, 3.05) is 12.4 Å². The first kappa shape index (κ1) is 25.3. The molecule has 1 aliphatic rings. The normalized spacial score (nSPS) is 14.3. The second-order valence-electron chi connectivity index (χ2n) is 9.93. The van der Waals surface area contributed by atoms with Gasteiger partial charge in [0.1, 0.15) is 17.3 Å². The topological polar surface area (TPSA) is 94.8 Å². The largest absolute Gasteiger partial charge is 0.468 e. The molecule has 200 valence electrons. The van der Waals surface area contributed by atoms with Gasteiger partial charge in [0.25, 0.3) is 0 Å². The lowest BCUT2D eigenvalue weighted by molar-refractivity contribution is -0.143. The summed E-state index contributed by atoms with van der Waals surface area (Å²) in [7, 11) is 1.44. The third-order valence-electron chi connectivity index (χ3n) is 7.45. The average Bonchev–Trinajstić information content (AvgIpc) is 3.74. The molecule has 0 unspecified atom stereocenters. The maximum atomic E-state index is 12.9. The molecular formula is C32H28N4O4. The molecule has 1 saturated carbocycles. The van der Waals surface area contributed by atoms with Crippen molar-refractivity contribution >= 4 is 23.3 Å². The van der Waals surface area contributed by atoms with Crippen LogP contribution >= 0.6 is 0 Å². The zero-order chi connectivity index (χ0) is 27.7. The van der Waals surface area contributed by atoms with Gasteiger partial charge in [0.05, 0.1) is 18.2 Å². The van der Waals surface area contributed by atoms with Crippen molar-refractivity contribution in [3.63, 3.8) is 0 Å². The summed E-state index contributed by atoms with van der Waals surface area (Å²) in [5.41, 5.74) is 6.03. The molecule has 1 N–H and O–H groups in total. The van der Waals surface area contributed by atoms with E-state index in [0.717, 1.165) is 40.7 Å². The first-order valence-corrected chi connectivity index (χ1v) is 13.1. The predicted octanol–water partition coefficient (Wildman–Crippen LogP) is 6.58. The van der Waals surface area contributed by atoms with Crippen LogP contribution in [-0.2, 0) is 19.7 Å². The second kappa shape index (κ2) is 10.3. The molecule has 1 amide bonds. The quantitative estimate of drug-likeness (QED) is 0.238. The summed E-state index contributed by atoms with van der Waals surface area (Å²) in [6.07, 6.45) is 2.28. The summed E-state index contributed by atoms with van der Waals surface area (Å²) in [5, 5.41) is 11.8. The fourth-order valence-corrected chi connectivity index (χ4v) is 5.04. The highest BCUT2D eigenvalue weighted by Crippen LogP contribution is 2.49. The summed E-state index contributed by atoms with van der Waals surface area (Å²) in [6.45, 7) is 1.83. The number of ether oxygens (including phenoxy) is 2. The molecule has 8 nitrogen and oxygen atoms in total. The molecule has 3 aromatic carbocycles. The van der Waals surface area contributed by atoms with Gasteiger partial charge in [-0.25, -0.2) is 4.79 Å². The number of nitrogens with one attached hydrogen (secondary N) is 1. The van der Waals surface area contributed by atoms with Crippen LogP contribution in [0.2, 0.25) is 0 Å². The van der Waals surface area contributed by atoms with E-state index < -0.39 is 17.6 Å². The average molecular weight is 533 g/mol. The molecule has 0 bridgehead atoms. The molecule has 0 aliphatic heterocycles. The highest BCUT2D eigenvalue weighted by Gasteiger charge is 2.52. The van der Waals surface area contributed by atoms with E-state index in [1.54, 1.807) is 12.3 Å². The summed E-state index contributed by atoms with van der Waals surface area (Å²) < 4.78 is 12.2. The highest BCUT2D eigenvalue weighted by molar-refractivity contribution is 5.97. The fraction of sp³-hybridized carbons (Fsp3) is 0.188. The smallest absolute Gasteiger partial charge is 0.412 e. The maximum Gasteiger partial charge on any atom is 0.412 e. The van der Waals surface area contributed by atoms with Crippen molar-refractivity contribution in [2.24, 2.45) is 0 Å². The zero-order valence-electron chi connectivity index (χ0n) is 22.2. The fourth-order valence-electron chi connectivity index (χ4n) is 5.04. The standard InChI is InChI=1S/C32H28N4O4/c1-21(22-7-4-3-5-8-22)40-31(38)34-29-27-9-6-20-33-36(27)35-28(29)25-12-10-23(11-13-25)24-14-16-26(17-15-24)32(18-19-32)30(37)39-2/h3-17,20-21H,18-19H2,1-2H3,(H,34,38)/t21-/m1/s1. The molecule has 1 atom stereocenters. The maximum absolute atomic E-state index is 12.9. The zero-order valence-corrected chi connectivity index (χ0v) is 22.2. The van der Waals surface area contributed by atoms with Gasteiger partial charge < -0.3 is 9.47 Å². The Balaban J connectivity index is 1.25. The van der Waals surface area contributed by atoms with E-state index >= 15 is 0 Å². The van der Waals surface area contributed by atoms with Crippen LogP contribution in [0.25, 0.3) is 27.9 Å². The van der Waals surface area contributed by atoms with Crippen molar-refractivity contribution in [3.8, 4) is 22.4 Å². The summed E-state index contributed by atoms with van der Waals surface area (Å²) >= 11 is 0. The number of aromatic nitrogens is 3. The lowest BCUT2D eigenvalue weighted by Crippen LogP contribution is -2.21. The highest BCUT2D eigenvalue weighted by atomic mass is 16.6. The van der Waals surface area contributed by atoms with E-state index in [-0.39, 0.29) is 5.97 Å². The minimum absolute atomic E-state index is 0.172.